The van der Waals surface area contributed by atoms with Gasteiger partial charge in [0.2, 0.25) is 10.0 Å². The predicted octanol–water partition coefficient (Wildman–Crippen LogP) is 3.46. The van der Waals surface area contributed by atoms with E-state index in [1.807, 2.05) is 30.3 Å². The number of nitrogens with one attached hydrogen (secondary N) is 1. The SMILES string of the molecule is O=S(=O)(/C=C/c1ccccc1)NCC1(c2ccc(F)cc2)CCOCC1. The van der Waals surface area contributed by atoms with Crippen LogP contribution in [0.25, 0.3) is 6.08 Å². The molecule has 1 aliphatic rings. The molecular weight excluding hydrogens is 353 g/mol. The minimum Gasteiger partial charge on any atom is -0.381 e. The summed E-state index contributed by atoms with van der Waals surface area (Å²) in [6.45, 7) is 1.36. The molecule has 4 nitrogen and oxygen atoms in total. The van der Waals surface area contributed by atoms with Crippen molar-refractivity contribution in [2.24, 2.45) is 0 Å². The molecule has 1 aliphatic heterocycles. The van der Waals surface area contributed by atoms with E-state index in [0.717, 1.165) is 11.1 Å². The quantitative estimate of drug-likeness (QED) is 0.841. The van der Waals surface area contributed by atoms with Gasteiger partial charge in [-0.3, -0.25) is 0 Å². The second-order valence-corrected chi connectivity index (χ2v) is 8.13. The molecule has 1 N–H and O–H groups in total. The summed E-state index contributed by atoms with van der Waals surface area (Å²) in [6.07, 6.45) is 2.93. The van der Waals surface area contributed by atoms with E-state index < -0.39 is 10.0 Å². The first kappa shape index (κ1) is 18.8. The van der Waals surface area contributed by atoms with E-state index in [1.165, 1.54) is 17.5 Å². The highest BCUT2D eigenvalue weighted by Gasteiger charge is 2.35. The van der Waals surface area contributed by atoms with Gasteiger partial charge in [0.1, 0.15) is 5.82 Å². The number of sulfonamides is 1. The largest absolute Gasteiger partial charge is 0.381 e. The van der Waals surface area contributed by atoms with Gasteiger partial charge in [0, 0.05) is 30.6 Å². The molecule has 0 radical (unpaired) electrons. The molecule has 0 unspecified atom stereocenters. The van der Waals surface area contributed by atoms with Gasteiger partial charge >= 0.3 is 0 Å². The highest BCUT2D eigenvalue weighted by Crippen LogP contribution is 2.34. The van der Waals surface area contributed by atoms with Crippen molar-refractivity contribution in [2.45, 2.75) is 18.3 Å². The Morgan fingerprint density at radius 1 is 1.04 bits per heavy atom. The molecule has 0 atom stereocenters. The van der Waals surface area contributed by atoms with E-state index in [1.54, 1.807) is 18.2 Å². The zero-order chi connectivity index (χ0) is 18.5. The Morgan fingerprint density at radius 3 is 2.35 bits per heavy atom. The molecule has 0 spiro atoms. The molecule has 3 rings (SSSR count). The van der Waals surface area contributed by atoms with Gasteiger partial charge < -0.3 is 4.74 Å². The first-order chi connectivity index (χ1) is 12.5. The molecule has 2 aromatic rings. The van der Waals surface area contributed by atoms with Crippen molar-refractivity contribution in [1.82, 2.24) is 4.72 Å². The first-order valence-corrected chi connectivity index (χ1v) is 10.1. The number of halogens is 1. The smallest absolute Gasteiger partial charge is 0.233 e. The van der Waals surface area contributed by atoms with Gasteiger partial charge in [0.25, 0.3) is 0 Å². The molecule has 138 valence electrons. The van der Waals surface area contributed by atoms with E-state index in [9.17, 15) is 12.8 Å². The van der Waals surface area contributed by atoms with Crippen LogP contribution in [0.15, 0.2) is 60.0 Å². The lowest BCUT2D eigenvalue weighted by Gasteiger charge is -2.37. The maximum atomic E-state index is 13.3. The average molecular weight is 375 g/mol. The summed E-state index contributed by atoms with van der Waals surface area (Å²) in [5, 5.41) is 1.18. The van der Waals surface area contributed by atoms with Crippen molar-refractivity contribution in [1.29, 1.82) is 0 Å². The molecular formula is C20H22FNO3S. The van der Waals surface area contributed by atoms with Gasteiger partial charge in [-0.25, -0.2) is 17.5 Å². The maximum absolute atomic E-state index is 13.3. The summed E-state index contributed by atoms with van der Waals surface area (Å²) >= 11 is 0. The first-order valence-electron chi connectivity index (χ1n) is 8.56. The van der Waals surface area contributed by atoms with Gasteiger partial charge in [-0.15, -0.1) is 0 Å². The number of ether oxygens (including phenoxy) is 1. The van der Waals surface area contributed by atoms with Crippen LogP contribution in [0.1, 0.15) is 24.0 Å². The van der Waals surface area contributed by atoms with E-state index in [-0.39, 0.29) is 17.8 Å². The average Bonchev–Trinajstić information content (AvgIpc) is 2.67. The standard InChI is InChI=1S/C20H22FNO3S/c21-19-8-6-18(7-9-19)20(11-13-25-14-12-20)16-22-26(23,24)15-10-17-4-2-1-3-5-17/h1-10,15,22H,11-14,16H2/b15-10+. The van der Waals surface area contributed by atoms with Crippen LogP contribution in [-0.2, 0) is 20.2 Å². The van der Waals surface area contributed by atoms with Crippen LogP contribution in [-0.4, -0.2) is 28.2 Å². The summed E-state index contributed by atoms with van der Waals surface area (Å²) < 4.78 is 46.2. The topological polar surface area (TPSA) is 55.4 Å². The lowest BCUT2D eigenvalue weighted by molar-refractivity contribution is 0.0517. The Morgan fingerprint density at radius 2 is 1.69 bits per heavy atom. The zero-order valence-corrected chi connectivity index (χ0v) is 15.2. The highest BCUT2D eigenvalue weighted by molar-refractivity contribution is 7.92. The maximum Gasteiger partial charge on any atom is 0.233 e. The monoisotopic (exact) mass is 375 g/mol. The van der Waals surface area contributed by atoms with Gasteiger partial charge in [-0.05, 0) is 42.2 Å². The van der Waals surface area contributed by atoms with Crippen molar-refractivity contribution in [3.63, 3.8) is 0 Å². The summed E-state index contributed by atoms with van der Waals surface area (Å²) in [6, 6.07) is 15.5. The molecule has 2 aromatic carbocycles. The Hall–Kier alpha value is -2.02. The molecule has 1 fully saturated rings. The molecule has 1 saturated heterocycles. The molecule has 0 aliphatic carbocycles. The van der Waals surface area contributed by atoms with Crippen LogP contribution in [0, 0.1) is 5.82 Å². The Kier molecular flexibility index (Phi) is 5.86. The highest BCUT2D eigenvalue weighted by atomic mass is 32.2. The van der Waals surface area contributed by atoms with Crippen LogP contribution in [0.2, 0.25) is 0 Å². The van der Waals surface area contributed by atoms with Crippen LogP contribution in [0.3, 0.4) is 0 Å². The lowest BCUT2D eigenvalue weighted by atomic mass is 9.74. The van der Waals surface area contributed by atoms with E-state index >= 15 is 0 Å². The lowest BCUT2D eigenvalue weighted by Crippen LogP contribution is -2.44. The van der Waals surface area contributed by atoms with Crippen LogP contribution in [0.4, 0.5) is 4.39 Å². The molecule has 26 heavy (non-hydrogen) atoms. The van der Waals surface area contributed by atoms with Crippen LogP contribution < -0.4 is 4.72 Å². The van der Waals surface area contributed by atoms with E-state index in [2.05, 4.69) is 4.72 Å². The fraction of sp³-hybridized carbons (Fsp3) is 0.300. The number of hydrogen-bond donors (Lipinski definition) is 1. The summed E-state index contributed by atoms with van der Waals surface area (Å²) in [7, 11) is -3.58. The van der Waals surface area contributed by atoms with Gasteiger partial charge in [-0.2, -0.15) is 0 Å². The van der Waals surface area contributed by atoms with Crippen molar-refractivity contribution in [3.8, 4) is 0 Å². The number of hydrogen-bond acceptors (Lipinski definition) is 3. The number of benzene rings is 2. The fourth-order valence-electron chi connectivity index (χ4n) is 3.15. The van der Waals surface area contributed by atoms with Gasteiger partial charge in [0.05, 0.1) is 0 Å². The third kappa shape index (κ3) is 4.78. The molecule has 0 bridgehead atoms. The van der Waals surface area contributed by atoms with Crippen molar-refractivity contribution < 1.29 is 17.5 Å². The Labute approximate surface area is 153 Å². The third-order valence-corrected chi connectivity index (χ3v) is 5.80. The van der Waals surface area contributed by atoms with Gasteiger partial charge in [-0.1, -0.05) is 42.5 Å². The second-order valence-electron chi connectivity index (χ2n) is 6.48. The normalized spacial score (nSPS) is 17.4. The molecule has 6 heteroatoms. The summed E-state index contributed by atoms with van der Waals surface area (Å²) in [4.78, 5) is 0. The fourth-order valence-corrected chi connectivity index (χ4v) is 4.06. The van der Waals surface area contributed by atoms with Crippen molar-refractivity contribution >= 4 is 16.1 Å². The molecule has 0 aromatic heterocycles. The third-order valence-electron chi connectivity index (χ3n) is 4.76. The summed E-state index contributed by atoms with van der Waals surface area (Å²) in [5.74, 6) is -0.303. The minimum absolute atomic E-state index is 0.253. The van der Waals surface area contributed by atoms with Crippen molar-refractivity contribution in [2.75, 3.05) is 19.8 Å². The van der Waals surface area contributed by atoms with Crippen LogP contribution in [0.5, 0.6) is 0 Å². The van der Waals surface area contributed by atoms with Crippen LogP contribution >= 0.6 is 0 Å². The number of rotatable bonds is 6. The second kappa shape index (κ2) is 8.12. The molecule has 0 amide bonds. The van der Waals surface area contributed by atoms with E-state index in [4.69, 9.17) is 4.74 Å². The van der Waals surface area contributed by atoms with Gasteiger partial charge in [0.15, 0.2) is 0 Å². The zero-order valence-electron chi connectivity index (χ0n) is 14.4. The van der Waals surface area contributed by atoms with Crippen molar-refractivity contribution in [3.05, 3.63) is 76.9 Å². The minimum atomic E-state index is -3.58. The van der Waals surface area contributed by atoms with E-state index in [0.29, 0.717) is 26.1 Å². The summed E-state index contributed by atoms with van der Waals surface area (Å²) in [5.41, 5.74) is 1.36. The Bertz CT molecular complexity index is 842. The molecule has 0 saturated carbocycles. The molecule has 1 heterocycles. The predicted molar refractivity (Wildman–Crippen MR) is 101 cm³/mol. The Balaban J connectivity index is 1.75.